The first-order valence-electron chi connectivity index (χ1n) is 11.6. The van der Waals surface area contributed by atoms with Crippen molar-refractivity contribution in [3.63, 3.8) is 0 Å². The normalized spacial score (nSPS) is 17.1. The van der Waals surface area contributed by atoms with E-state index in [4.69, 9.17) is 9.47 Å². The Balaban J connectivity index is 1.36. The topological polar surface area (TPSA) is 55.8 Å². The van der Waals surface area contributed by atoms with E-state index in [1.54, 1.807) is 17.0 Å². The summed E-state index contributed by atoms with van der Waals surface area (Å²) in [5.74, 6) is 0.0941. The highest BCUT2D eigenvalue weighted by molar-refractivity contribution is 5.98. The Labute approximate surface area is 204 Å². The second-order valence-corrected chi connectivity index (χ2v) is 8.42. The predicted octanol–water partition coefficient (Wildman–Crippen LogP) is 5.57. The summed E-state index contributed by atoms with van der Waals surface area (Å²) >= 11 is 0. The lowest BCUT2D eigenvalue weighted by Gasteiger charge is -2.26. The molecule has 35 heavy (non-hydrogen) atoms. The molecule has 1 aliphatic rings. The van der Waals surface area contributed by atoms with Crippen LogP contribution in [0.1, 0.15) is 33.3 Å². The largest absolute Gasteiger partial charge is 0.489 e. The van der Waals surface area contributed by atoms with Gasteiger partial charge in [0.15, 0.2) is 0 Å². The van der Waals surface area contributed by atoms with Gasteiger partial charge in [-0.3, -0.25) is 9.69 Å². The Morgan fingerprint density at radius 1 is 0.743 bits per heavy atom. The number of amides is 1. The minimum atomic E-state index is -0.769. The fraction of sp³-hybridized carbons (Fsp3) is 0.133. The molecule has 0 spiro atoms. The van der Waals surface area contributed by atoms with Gasteiger partial charge in [0.05, 0.1) is 0 Å². The molecule has 1 fully saturated rings. The average molecular weight is 464 g/mol. The molecule has 0 bridgehead atoms. The molecular formula is C30H25NO4. The van der Waals surface area contributed by atoms with Crippen molar-refractivity contribution in [2.75, 3.05) is 0 Å². The summed E-state index contributed by atoms with van der Waals surface area (Å²) in [6.07, 6.45) is -0.422. The van der Waals surface area contributed by atoms with E-state index in [0.717, 1.165) is 22.4 Å². The maximum Gasteiger partial charge on any atom is 0.331 e. The molecule has 4 aromatic carbocycles. The molecule has 1 heterocycles. The summed E-state index contributed by atoms with van der Waals surface area (Å²) in [6.45, 7) is 0.479. The monoisotopic (exact) mass is 463 g/mol. The zero-order chi connectivity index (χ0) is 24.0. The zero-order valence-electron chi connectivity index (χ0n) is 19.1. The maximum atomic E-state index is 13.5. The van der Waals surface area contributed by atoms with Crippen LogP contribution in [0.3, 0.4) is 0 Å². The summed E-state index contributed by atoms with van der Waals surface area (Å²) in [5, 5.41) is 0. The Hall–Kier alpha value is -4.38. The third kappa shape index (κ3) is 5.09. The number of carbonyl (C=O) groups excluding carboxylic acids is 2. The number of ether oxygens (including phenoxy) is 2. The quantitative estimate of drug-likeness (QED) is 0.336. The van der Waals surface area contributed by atoms with E-state index in [9.17, 15) is 9.59 Å². The van der Waals surface area contributed by atoms with Crippen molar-refractivity contribution in [2.45, 2.75) is 25.3 Å². The van der Waals surface area contributed by atoms with Crippen LogP contribution >= 0.6 is 0 Å². The number of carbonyl (C=O) groups is 2. The highest BCUT2D eigenvalue weighted by atomic mass is 16.6. The third-order valence-corrected chi connectivity index (χ3v) is 6.03. The van der Waals surface area contributed by atoms with Crippen LogP contribution in [0.2, 0.25) is 0 Å². The fourth-order valence-corrected chi connectivity index (χ4v) is 4.21. The standard InChI is InChI=1S/C30H25NO4/c32-28(24-12-6-2-7-13-24)31-27(30(33)35-29(31)25-14-8-3-9-15-25)20-22-16-18-26(19-17-22)34-21-23-10-4-1-5-11-23/h1-19,27,29H,20-21H2/t27-,29-/m1/s1. The number of cyclic esters (lactones) is 1. The Kier molecular flexibility index (Phi) is 6.57. The molecule has 0 N–H and O–H groups in total. The van der Waals surface area contributed by atoms with E-state index < -0.39 is 18.2 Å². The minimum Gasteiger partial charge on any atom is -0.489 e. The molecule has 2 atom stereocenters. The van der Waals surface area contributed by atoms with Crippen LogP contribution < -0.4 is 4.74 Å². The average Bonchev–Trinajstić information content (AvgIpc) is 3.25. The number of hydrogen-bond acceptors (Lipinski definition) is 4. The lowest BCUT2D eigenvalue weighted by Crippen LogP contribution is -2.40. The van der Waals surface area contributed by atoms with E-state index in [1.807, 2.05) is 103 Å². The summed E-state index contributed by atoms with van der Waals surface area (Å²) < 4.78 is 11.6. The predicted molar refractivity (Wildman–Crippen MR) is 133 cm³/mol. The van der Waals surface area contributed by atoms with E-state index in [-0.39, 0.29) is 5.91 Å². The molecule has 0 aromatic heterocycles. The second-order valence-electron chi connectivity index (χ2n) is 8.42. The Morgan fingerprint density at radius 3 is 2.00 bits per heavy atom. The van der Waals surface area contributed by atoms with Gasteiger partial charge in [-0.25, -0.2) is 4.79 Å². The first kappa shape index (κ1) is 22.4. The zero-order valence-corrected chi connectivity index (χ0v) is 19.1. The van der Waals surface area contributed by atoms with Gasteiger partial charge < -0.3 is 9.47 Å². The first-order chi connectivity index (χ1) is 17.2. The molecule has 5 nitrogen and oxygen atoms in total. The van der Waals surface area contributed by atoms with Crippen molar-refractivity contribution < 1.29 is 19.1 Å². The van der Waals surface area contributed by atoms with Gasteiger partial charge in [0, 0.05) is 17.5 Å². The molecule has 5 heteroatoms. The van der Waals surface area contributed by atoms with E-state index >= 15 is 0 Å². The molecule has 4 aromatic rings. The lowest BCUT2D eigenvalue weighted by atomic mass is 10.0. The van der Waals surface area contributed by atoms with E-state index in [2.05, 4.69) is 0 Å². The van der Waals surface area contributed by atoms with Crippen LogP contribution in [0.25, 0.3) is 0 Å². The van der Waals surface area contributed by atoms with Crippen molar-refractivity contribution in [3.05, 3.63) is 138 Å². The van der Waals surface area contributed by atoms with Crippen LogP contribution in [0.4, 0.5) is 0 Å². The van der Waals surface area contributed by atoms with E-state index in [1.165, 1.54) is 0 Å². The SMILES string of the molecule is O=C1O[C@H](c2ccccc2)N(C(=O)c2ccccc2)[C@@H]1Cc1ccc(OCc2ccccc2)cc1. The Morgan fingerprint density at radius 2 is 1.34 bits per heavy atom. The highest BCUT2D eigenvalue weighted by Crippen LogP contribution is 2.34. The molecule has 0 aliphatic carbocycles. The number of benzene rings is 4. The lowest BCUT2D eigenvalue weighted by molar-refractivity contribution is -0.142. The second kappa shape index (κ2) is 10.3. The van der Waals surface area contributed by atoms with Gasteiger partial charge >= 0.3 is 5.97 Å². The van der Waals surface area contributed by atoms with Crippen molar-refractivity contribution in [1.82, 2.24) is 4.90 Å². The highest BCUT2D eigenvalue weighted by Gasteiger charge is 2.45. The number of esters is 1. The van der Waals surface area contributed by atoms with Crippen LogP contribution in [-0.4, -0.2) is 22.8 Å². The Bertz CT molecular complexity index is 1270. The number of hydrogen-bond donors (Lipinski definition) is 0. The van der Waals surface area contributed by atoms with Gasteiger partial charge in [0.25, 0.3) is 5.91 Å². The molecule has 5 rings (SSSR count). The maximum absolute atomic E-state index is 13.5. The van der Waals surface area contributed by atoms with Crippen LogP contribution in [0, 0.1) is 0 Å². The molecular weight excluding hydrogens is 438 g/mol. The summed E-state index contributed by atoms with van der Waals surface area (Å²) in [7, 11) is 0. The van der Waals surface area contributed by atoms with Gasteiger partial charge in [-0.2, -0.15) is 0 Å². The van der Waals surface area contributed by atoms with Crippen molar-refractivity contribution in [2.24, 2.45) is 0 Å². The third-order valence-electron chi connectivity index (χ3n) is 6.03. The van der Waals surface area contributed by atoms with Gasteiger partial charge in [-0.15, -0.1) is 0 Å². The van der Waals surface area contributed by atoms with Crippen molar-refractivity contribution in [3.8, 4) is 5.75 Å². The first-order valence-corrected chi connectivity index (χ1v) is 11.6. The van der Waals surface area contributed by atoms with Gasteiger partial charge in [0.2, 0.25) is 6.23 Å². The summed E-state index contributed by atoms with van der Waals surface area (Å²) in [6, 6.07) is 35.2. The summed E-state index contributed by atoms with van der Waals surface area (Å²) in [4.78, 5) is 28.1. The fourth-order valence-electron chi connectivity index (χ4n) is 4.21. The molecule has 1 aliphatic heterocycles. The van der Waals surface area contributed by atoms with Crippen molar-refractivity contribution in [1.29, 1.82) is 0 Å². The molecule has 0 unspecified atom stereocenters. The van der Waals surface area contributed by atoms with Crippen molar-refractivity contribution >= 4 is 11.9 Å². The number of rotatable bonds is 7. The molecule has 1 amide bonds. The molecule has 1 saturated heterocycles. The number of nitrogens with zero attached hydrogens (tertiary/aromatic N) is 1. The van der Waals surface area contributed by atoms with Gasteiger partial charge in [-0.1, -0.05) is 91.0 Å². The van der Waals surface area contributed by atoms with Crippen LogP contribution in [0.5, 0.6) is 5.75 Å². The van der Waals surface area contributed by atoms with E-state index in [0.29, 0.717) is 18.6 Å². The van der Waals surface area contributed by atoms with Gasteiger partial charge in [-0.05, 0) is 35.4 Å². The van der Waals surface area contributed by atoms with Crippen LogP contribution in [0.15, 0.2) is 115 Å². The molecule has 0 radical (unpaired) electrons. The van der Waals surface area contributed by atoms with Gasteiger partial charge in [0.1, 0.15) is 18.4 Å². The smallest absolute Gasteiger partial charge is 0.331 e. The summed E-state index contributed by atoms with van der Waals surface area (Å²) in [5.41, 5.74) is 3.28. The molecule has 174 valence electrons. The molecule has 0 saturated carbocycles. The van der Waals surface area contributed by atoms with Crippen LogP contribution in [-0.2, 0) is 22.6 Å². The minimum absolute atomic E-state index is 0.238.